The molecule has 1 aromatic rings. The molecular formula is C10H15NO. The highest BCUT2D eigenvalue weighted by molar-refractivity contribution is 5.24. The quantitative estimate of drug-likeness (QED) is 0.728. The van der Waals surface area contributed by atoms with Crippen molar-refractivity contribution in [2.24, 2.45) is 0 Å². The SMILES string of the molecule is CC[C@H](O)c1ncc(C)cc1C. The third kappa shape index (κ3) is 1.83. The van der Waals surface area contributed by atoms with Crippen molar-refractivity contribution < 1.29 is 5.11 Å². The van der Waals surface area contributed by atoms with Crippen molar-refractivity contribution >= 4 is 0 Å². The Labute approximate surface area is 73.3 Å². The van der Waals surface area contributed by atoms with Gasteiger partial charge in [-0.3, -0.25) is 4.98 Å². The average molecular weight is 165 g/mol. The second-order valence-corrected chi connectivity index (χ2v) is 3.14. The van der Waals surface area contributed by atoms with Gasteiger partial charge in [-0.25, -0.2) is 0 Å². The summed E-state index contributed by atoms with van der Waals surface area (Å²) in [4.78, 5) is 4.20. The molecule has 0 saturated heterocycles. The molecule has 1 rings (SSSR count). The summed E-state index contributed by atoms with van der Waals surface area (Å²) in [6.45, 7) is 5.93. The van der Waals surface area contributed by atoms with E-state index in [9.17, 15) is 5.11 Å². The summed E-state index contributed by atoms with van der Waals surface area (Å²) in [6, 6.07) is 2.04. The number of hydrogen-bond donors (Lipinski definition) is 1. The summed E-state index contributed by atoms with van der Waals surface area (Å²) in [5, 5.41) is 9.54. The fourth-order valence-electron chi connectivity index (χ4n) is 1.27. The second kappa shape index (κ2) is 3.68. The molecule has 2 nitrogen and oxygen atoms in total. The van der Waals surface area contributed by atoms with Crippen LogP contribution < -0.4 is 0 Å². The lowest BCUT2D eigenvalue weighted by Gasteiger charge is -2.10. The largest absolute Gasteiger partial charge is 0.387 e. The zero-order chi connectivity index (χ0) is 9.14. The van der Waals surface area contributed by atoms with Crippen molar-refractivity contribution in [3.05, 3.63) is 29.1 Å². The minimum Gasteiger partial charge on any atom is -0.387 e. The number of aliphatic hydroxyl groups is 1. The van der Waals surface area contributed by atoms with Gasteiger partial charge in [0, 0.05) is 6.20 Å². The highest BCUT2D eigenvalue weighted by Crippen LogP contribution is 2.17. The molecule has 0 saturated carbocycles. The van der Waals surface area contributed by atoms with Gasteiger partial charge in [0.1, 0.15) is 0 Å². The Hall–Kier alpha value is -0.890. The first-order valence-electron chi connectivity index (χ1n) is 4.26. The third-order valence-corrected chi connectivity index (χ3v) is 1.96. The lowest BCUT2D eigenvalue weighted by atomic mass is 10.1. The van der Waals surface area contributed by atoms with Gasteiger partial charge in [0.25, 0.3) is 0 Å². The van der Waals surface area contributed by atoms with Gasteiger partial charge in [-0.1, -0.05) is 13.0 Å². The maximum atomic E-state index is 9.54. The molecule has 0 radical (unpaired) electrons. The Morgan fingerprint density at radius 1 is 1.50 bits per heavy atom. The summed E-state index contributed by atoms with van der Waals surface area (Å²) >= 11 is 0. The monoisotopic (exact) mass is 165 g/mol. The predicted octanol–water partition coefficient (Wildman–Crippen LogP) is 2.14. The van der Waals surface area contributed by atoms with Crippen molar-refractivity contribution in [2.75, 3.05) is 0 Å². The van der Waals surface area contributed by atoms with E-state index in [1.165, 1.54) is 0 Å². The summed E-state index contributed by atoms with van der Waals surface area (Å²) in [5.41, 5.74) is 3.02. The van der Waals surface area contributed by atoms with Gasteiger partial charge in [-0.15, -0.1) is 0 Å². The molecule has 2 heteroatoms. The third-order valence-electron chi connectivity index (χ3n) is 1.96. The number of hydrogen-bond acceptors (Lipinski definition) is 2. The van der Waals surface area contributed by atoms with Crippen LogP contribution >= 0.6 is 0 Å². The van der Waals surface area contributed by atoms with Crippen molar-refractivity contribution in [1.82, 2.24) is 4.98 Å². The van der Waals surface area contributed by atoms with E-state index in [1.54, 1.807) is 6.20 Å². The van der Waals surface area contributed by atoms with Crippen LogP contribution in [0.1, 0.15) is 36.3 Å². The second-order valence-electron chi connectivity index (χ2n) is 3.14. The molecule has 66 valence electrons. The van der Waals surface area contributed by atoms with Crippen molar-refractivity contribution in [3.63, 3.8) is 0 Å². The molecule has 0 bridgehead atoms. The minimum atomic E-state index is -0.411. The molecule has 0 unspecified atom stereocenters. The predicted molar refractivity (Wildman–Crippen MR) is 49.0 cm³/mol. The van der Waals surface area contributed by atoms with E-state index in [0.717, 1.165) is 23.2 Å². The van der Waals surface area contributed by atoms with E-state index in [1.807, 2.05) is 26.8 Å². The molecule has 0 amide bonds. The molecule has 0 fully saturated rings. The van der Waals surface area contributed by atoms with Crippen LogP contribution in [0.25, 0.3) is 0 Å². The van der Waals surface area contributed by atoms with Gasteiger partial charge in [0.2, 0.25) is 0 Å². The highest BCUT2D eigenvalue weighted by Gasteiger charge is 2.08. The molecule has 1 N–H and O–H groups in total. The lowest BCUT2D eigenvalue weighted by molar-refractivity contribution is 0.168. The molecule has 12 heavy (non-hydrogen) atoms. The fourth-order valence-corrected chi connectivity index (χ4v) is 1.27. The van der Waals surface area contributed by atoms with Crippen LogP contribution in [0.5, 0.6) is 0 Å². The van der Waals surface area contributed by atoms with Gasteiger partial charge >= 0.3 is 0 Å². The normalized spacial score (nSPS) is 13.0. The lowest BCUT2D eigenvalue weighted by Crippen LogP contribution is -2.01. The first-order chi connectivity index (χ1) is 5.65. The smallest absolute Gasteiger partial charge is 0.0959 e. The van der Waals surface area contributed by atoms with Gasteiger partial charge in [-0.2, -0.15) is 0 Å². The number of pyridine rings is 1. The Bertz CT molecular complexity index is 271. The van der Waals surface area contributed by atoms with Crippen molar-refractivity contribution in [2.45, 2.75) is 33.3 Å². The van der Waals surface area contributed by atoms with Gasteiger partial charge in [0.15, 0.2) is 0 Å². The summed E-state index contributed by atoms with van der Waals surface area (Å²) in [6.07, 6.45) is 2.10. The zero-order valence-electron chi connectivity index (χ0n) is 7.83. The topological polar surface area (TPSA) is 33.1 Å². The maximum absolute atomic E-state index is 9.54. The Morgan fingerprint density at radius 2 is 2.17 bits per heavy atom. The van der Waals surface area contributed by atoms with Gasteiger partial charge < -0.3 is 5.11 Å². The Kier molecular flexibility index (Phi) is 2.82. The van der Waals surface area contributed by atoms with Crippen LogP contribution in [-0.4, -0.2) is 10.1 Å². The molecule has 1 heterocycles. The van der Waals surface area contributed by atoms with E-state index in [0.29, 0.717) is 0 Å². The van der Waals surface area contributed by atoms with Crippen LogP contribution in [0, 0.1) is 13.8 Å². The van der Waals surface area contributed by atoms with E-state index >= 15 is 0 Å². The summed E-state index contributed by atoms with van der Waals surface area (Å²) in [7, 11) is 0. The van der Waals surface area contributed by atoms with Gasteiger partial charge in [-0.05, 0) is 31.4 Å². The maximum Gasteiger partial charge on any atom is 0.0959 e. The Morgan fingerprint density at radius 3 is 2.67 bits per heavy atom. The molecule has 1 atom stereocenters. The number of nitrogens with zero attached hydrogens (tertiary/aromatic N) is 1. The van der Waals surface area contributed by atoms with Crippen LogP contribution in [0.2, 0.25) is 0 Å². The summed E-state index contributed by atoms with van der Waals surface area (Å²) < 4.78 is 0. The number of rotatable bonds is 2. The molecule has 0 aliphatic carbocycles. The van der Waals surface area contributed by atoms with Crippen molar-refractivity contribution in [1.29, 1.82) is 0 Å². The fraction of sp³-hybridized carbons (Fsp3) is 0.500. The molecule has 0 aliphatic rings. The van der Waals surface area contributed by atoms with E-state index in [4.69, 9.17) is 0 Å². The molecule has 0 aliphatic heterocycles. The van der Waals surface area contributed by atoms with Crippen LogP contribution in [0.4, 0.5) is 0 Å². The van der Waals surface area contributed by atoms with E-state index in [-0.39, 0.29) is 0 Å². The Balaban J connectivity index is 3.01. The van der Waals surface area contributed by atoms with Crippen LogP contribution in [0.3, 0.4) is 0 Å². The number of aryl methyl sites for hydroxylation is 2. The molecule has 0 spiro atoms. The van der Waals surface area contributed by atoms with Gasteiger partial charge in [0.05, 0.1) is 11.8 Å². The number of aromatic nitrogens is 1. The average Bonchev–Trinajstić information content (AvgIpc) is 2.03. The molecule has 0 aromatic carbocycles. The standard InChI is InChI=1S/C10H15NO/c1-4-9(12)10-8(3)5-7(2)6-11-10/h5-6,9,12H,4H2,1-3H3/t9-/m0/s1. The van der Waals surface area contributed by atoms with Crippen LogP contribution in [-0.2, 0) is 0 Å². The first kappa shape index (κ1) is 9.20. The molecular weight excluding hydrogens is 150 g/mol. The highest BCUT2D eigenvalue weighted by atomic mass is 16.3. The number of aliphatic hydroxyl groups excluding tert-OH is 1. The summed E-state index contributed by atoms with van der Waals surface area (Å²) in [5.74, 6) is 0. The van der Waals surface area contributed by atoms with Crippen LogP contribution in [0.15, 0.2) is 12.3 Å². The first-order valence-corrected chi connectivity index (χ1v) is 4.26. The van der Waals surface area contributed by atoms with E-state index in [2.05, 4.69) is 4.98 Å². The van der Waals surface area contributed by atoms with E-state index < -0.39 is 6.10 Å². The minimum absolute atomic E-state index is 0.411. The van der Waals surface area contributed by atoms with Crippen molar-refractivity contribution in [3.8, 4) is 0 Å². The molecule has 1 aromatic heterocycles. The zero-order valence-corrected chi connectivity index (χ0v) is 7.83.